The van der Waals surface area contributed by atoms with Gasteiger partial charge in [0.2, 0.25) is 0 Å². The van der Waals surface area contributed by atoms with Crippen molar-refractivity contribution in [2.24, 2.45) is 5.41 Å². The maximum absolute atomic E-state index is 11.7. The molecule has 6 heteroatoms. The van der Waals surface area contributed by atoms with E-state index in [0.717, 1.165) is 12.0 Å². The number of hydrogen-bond acceptors (Lipinski definition) is 3. The fraction of sp³-hybridized carbons (Fsp3) is 0.538. The maximum atomic E-state index is 11.7. The van der Waals surface area contributed by atoms with Gasteiger partial charge in [0.25, 0.3) is 0 Å². The Morgan fingerprint density at radius 1 is 1.42 bits per heavy atom. The summed E-state index contributed by atoms with van der Waals surface area (Å²) in [6, 6.07) is 0.644. The molecule has 3 N–H and O–H groups in total. The van der Waals surface area contributed by atoms with Crippen LogP contribution in [0.3, 0.4) is 0 Å². The SMILES string of the molecule is CC(C)(C)[C@H](NC(=O)NCCc1ccsc1)C(=O)O. The Labute approximate surface area is 117 Å². The summed E-state index contributed by atoms with van der Waals surface area (Å²) in [5.41, 5.74) is 0.632. The summed E-state index contributed by atoms with van der Waals surface area (Å²) < 4.78 is 0. The van der Waals surface area contributed by atoms with Crippen LogP contribution in [0.25, 0.3) is 0 Å². The van der Waals surface area contributed by atoms with E-state index in [0.29, 0.717) is 6.54 Å². The molecule has 0 spiro atoms. The number of rotatable bonds is 5. The molecule has 0 radical (unpaired) electrons. The summed E-state index contributed by atoms with van der Waals surface area (Å²) in [6.07, 6.45) is 0.740. The number of aliphatic carboxylic acids is 1. The lowest BCUT2D eigenvalue weighted by atomic mass is 9.87. The number of nitrogens with one attached hydrogen (secondary N) is 2. The average molecular weight is 284 g/mol. The standard InChI is InChI=1S/C13H20N2O3S/c1-13(2,3)10(11(16)17)15-12(18)14-6-4-9-5-7-19-8-9/h5,7-8,10H,4,6H2,1-3H3,(H,16,17)(H2,14,15,18)/t10-/m1/s1. The van der Waals surface area contributed by atoms with Gasteiger partial charge in [0, 0.05) is 6.54 Å². The van der Waals surface area contributed by atoms with Gasteiger partial charge in [0.05, 0.1) is 0 Å². The van der Waals surface area contributed by atoms with Gasteiger partial charge in [-0.05, 0) is 34.2 Å². The predicted octanol–water partition coefficient (Wildman–Crippen LogP) is 2.09. The molecule has 0 aliphatic heterocycles. The van der Waals surface area contributed by atoms with E-state index < -0.39 is 23.5 Å². The van der Waals surface area contributed by atoms with Crippen molar-refractivity contribution < 1.29 is 14.7 Å². The van der Waals surface area contributed by atoms with Gasteiger partial charge in [-0.25, -0.2) is 9.59 Å². The van der Waals surface area contributed by atoms with Crippen LogP contribution in [-0.4, -0.2) is 29.7 Å². The summed E-state index contributed by atoms with van der Waals surface area (Å²) >= 11 is 1.61. The van der Waals surface area contributed by atoms with Gasteiger partial charge in [-0.2, -0.15) is 11.3 Å². The maximum Gasteiger partial charge on any atom is 0.326 e. The molecule has 0 saturated carbocycles. The van der Waals surface area contributed by atoms with E-state index in [9.17, 15) is 9.59 Å². The van der Waals surface area contributed by atoms with Gasteiger partial charge < -0.3 is 15.7 Å². The Morgan fingerprint density at radius 3 is 2.58 bits per heavy atom. The second-order valence-corrected chi connectivity index (χ2v) is 6.20. The van der Waals surface area contributed by atoms with Gasteiger partial charge in [-0.1, -0.05) is 20.8 Å². The van der Waals surface area contributed by atoms with Gasteiger partial charge >= 0.3 is 12.0 Å². The third-order valence-corrected chi connectivity index (χ3v) is 3.40. The summed E-state index contributed by atoms with van der Waals surface area (Å²) in [4.78, 5) is 22.8. The second-order valence-electron chi connectivity index (χ2n) is 5.42. The minimum atomic E-state index is -1.03. The topological polar surface area (TPSA) is 78.4 Å². The van der Waals surface area contributed by atoms with Gasteiger partial charge in [-0.3, -0.25) is 0 Å². The number of carboxylic acid groups (broad SMARTS) is 1. The Morgan fingerprint density at radius 2 is 2.11 bits per heavy atom. The average Bonchev–Trinajstić information content (AvgIpc) is 2.77. The summed E-state index contributed by atoms with van der Waals surface area (Å²) in [6.45, 7) is 5.81. The first kappa shape index (κ1) is 15.5. The minimum Gasteiger partial charge on any atom is -0.480 e. The van der Waals surface area contributed by atoms with Crippen molar-refractivity contribution in [2.75, 3.05) is 6.54 Å². The number of thiophene rings is 1. The van der Waals surface area contributed by atoms with Crippen molar-refractivity contribution in [1.82, 2.24) is 10.6 Å². The molecule has 1 aromatic heterocycles. The first-order valence-corrected chi connectivity index (χ1v) is 7.03. The minimum absolute atomic E-state index is 0.447. The van der Waals surface area contributed by atoms with Crippen LogP contribution >= 0.6 is 11.3 Å². The highest BCUT2D eigenvalue weighted by Crippen LogP contribution is 2.19. The Bertz CT molecular complexity index is 424. The molecule has 0 unspecified atom stereocenters. The molecule has 2 amide bonds. The quantitative estimate of drug-likeness (QED) is 0.774. The zero-order valence-electron chi connectivity index (χ0n) is 11.4. The molecule has 19 heavy (non-hydrogen) atoms. The lowest BCUT2D eigenvalue weighted by Gasteiger charge is -2.27. The molecule has 1 heterocycles. The molecule has 5 nitrogen and oxygen atoms in total. The first-order chi connectivity index (χ1) is 8.80. The van der Waals surface area contributed by atoms with Gasteiger partial charge in [0.1, 0.15) is 6.04 Å². The van der Waals surface area contributed by atoms with Crippen molar-refractivity contribution in [3.8, 4) is 0 Å². The smallest absolute Gasteiger partial charge is 0.326 e. The molecular weight excluding hydrogens is 264 g/mol. The van der Waals surface area contributed by atoms with E-state index in [1.165, 1.54) is 0 Å². The van der Waals surface area contributed by atoms with Crippen LogP contribution in [0.4, 0.5) is 4.79 Å². The van der Waals surface area contributed by atoms with Crippen molar-refractivity contribution in [2.45, 2.75) is 33.2 Å². The van der Waals surface area contributed by atoms with E-state index in [2.05, 4.69) is 10.6 Å². The Hall–Kier alpha value is -1.56. The van der Waals surface area contributed by atoms with Crippen molar-refractivity contribution in [3.05, 3.63) is 22.4 Å². The second kappa shape index (κ2) is 6.56. The van der Waals surface area contributed by atoms with Gasteiger partial charge in [-0.15, -0.1) is 0 Å². The number of hydrogen-bond donors (Lipinski definition) is 3. The van der Waals surface area contributed by atoms with Crippen LogP contribution in [0.2, 0.25) is 0 Å². The molecule has 0 fully saturated rings. The van der Waals surface area contributed by atoms with Crippen molar-refractivity contribution >= 4 is 23.3 Å². The highest BCUT2D eigenvalue weighted by molar-refractivity contribution is 7.07. The monoisotopic (exact) mass is 284 g/mol. The number of carbonyl (C=O) groups is 2. The lowest BCUT2D eigenvalue weighted by molar-refractivity contribution is -0.141. The first-order valence-electron chi connectivity index (χ1n) is 6.09. The fourth-order valence-electron chi connectivity index (χ4n) is 1.59. The van der Waals surface area contributed by atoms with E-state index in [1.54, 1.807) is 32.1 Å². The highest BCUT2D eigenvalue weighted by atomic mass is 32.1. The zero-order chi connectivity index (χ0) is 14.5. The molecule has 0 saturated heterocycles. The number of carbonyl (C=O) groups excluding carboxylic acids is 1. The normalized spacial score (nSPS) is 12.8. The van der Waals surface area contributed by atoms with Crippen LogP contribution < -0.4 is 10.6 Å². The molecule has 0 aliphatic carbocycles. The number of amides is 2. The molecule has 0 aromatic carbocycles. The molecule has 0 aliphatic rings. The molecular formula is C13H20N2O3S. The summed E-state index contributed by atoms with van der Waals surface area (Å²) in [5, 5.41) is 18.3. The molecule has 1 atom stereocenters. The summed E-state index contributed by atoms with van der Waals surface area (Å²) in [7, 11) is 0. The molecule has 1 rings (SSSR count). The van der Waals surface area contributed by atoms with Gasteiger partial charge in [0.15, 0.2) is 0 Å². The number of carboxylic acids is 1. The third-order valence-electron chi connectivity index (χ3n) is 2.67. The molecule has 0 bridgehead atoms. The van der Waals surface area contributed by atoms with E-state index in [4.69, 9.17) is 5.11 Å². The number of urea groups is 1. The predicted molar refractivity (Wildman–Crippen MR) is 75.4 cm³/mol. The van der Waals surface area contributed by atoms with Crippen molar-refractivity contribution in [1.29, 1.82) is 0 Å². The van der Waals surface area contributed by atoms with E-state index >= 15 is 0 Å². The third kappa shape index (κ3) is 5.30. The Kier molecular flexibility index (Phi) is 5.35. The van der Waals surface area contributed by atoms with E-state index in [1.807, 2.05) is 16.8 Å². The molecule has 106 valence electrons. The Balaban J connectivity index is 2.39. The molecule has 1 aromatic rings. The van der Waals surface area contributed by atoms with Crippen LogP contribution in [0.5, 0.6) is 0 Å². The van der Waals surface area contributed by atoms with Crippen LogP contribution in [0.1, 0.15) is 26.3 Å². The zero-order valence-corrected chi connectivity index (χ0v) is 12.2. The largest absolute Gasteiger partial charge is 0.480 e. The fourth-order valence-corrected chi connectivity index (χ4v) is 2.29. The van der Waals surface area contributed by atoms with Crippen LogP contribution in [0, 0.1) is 5.41 Å². The van der Waals surface area contributed by atoms with Crippen LogP contribution in [-0.2, 0) is 11.2 Å². The lowest BCUT2D eigenvalue weighted by Crippen LogP contribution is -2.52. The van der Waals surface area contributed by atoms with Crippen molar-refractivity contribution in [3.63, 3.8) is 0 Å². The summed E-state index contributed by atoms with van der Waals surface area (Å²) in [5.74, 6) is -1.03. The highest BCUT2D eigenvalue weighted by Gasteiger charge is 2.32. The van der Waals surface area contributed by atoms with Crippen LogP contribution in [0.15, 0.2) is 16.8 Å². The van der Waals surface area contributed by atoms with E-state index in [-0.39, 0.29) is 0 Å².